The first-order valence-corrected chi connectivity index (χ1v) is 7.53. The number of rotatable bonds is 5. The molecule has 0 N–H and O–H groups in total. The maximum absolute atomic E-state index is 11.6. The van der Waals surface area contributed by atoms with Crippen LogP contribution in [0.2, 0.25) is 0 Å². The Labute approximate surface area is 132 Å². The summed E-state index contributed by atoms with van der Waals surface area (Å²) in [5.74, 6) is -0.342. The van der Waals surface area contributed by atoms with Gasteiger partial charge >= 0.3 is 5.97 Å². The molecule has 0 radical (unpaired) electrons. The number of hydrogen-bond acceptors (Lipinski definition) is 5. The van der Waals surface area contributed by atoms with Gasteiger partial charge in [-0.05, 0) is 49.7 Å². The average Bonchev–Trinajstić information content (AvgIpc) is 2.50. The fourth-order valence-corrected chi connectivity index (χ4v) is 2.74. The molecule has 0 aromatic heterocycles. The van der Waals surface area contributed by atoms with Crippen molar-refractivity contribution in [3.63, 3.8) is 0 Å². The number of esters is 1. The third-order valence-corrected chi connectivity index (χ3v) is 4.15. The number of carbonyl (C=O) groups excluding carboxylic acids is 1. The van der Waals surface area contributed by atoms with Crippen molar-refractivity contribution in [2.45, 2.75) is 23.6 Å². The fourth-order valence-electron chi connectivity index (χ4n) is 1.86. The van der Waals surface area contributed by atoms with Gasteiger partial charge in [-0.1, -0.05) is 11.8 Å². The molecule has 2 rings (SSSR count). The molecule has 0 aliphatic heterocycles. The summed E-state index contributed by atoms with van der Waals surface area (Å²) in [4.78, 5) is 23.8. The summed E-state index contributed by atoms with van der Waals surface area (Å²) in [5, 5.41) is 10.7. The van der Waals surface area contributed by atoms with Crippen LogP contribution < -0.4 is 0 Å². The molecule has 114 valence electrons. The van der Waals surface area contributed by atoms with Gasteiger partial charge < -0.3 is 4.74 Å². The van der Waals surface area contributed by atoms with Crippen molar-refractivity contribution >= 4 is 23.4 Å². The Bertz CT molecular complexity index is 698. The summed E-state index contributed by atoms with van der Waals surface area (Å²) in [6.45, 7) is 3.94. The van der Waals surface area contributed by atoms with Gasteiger partial charge in [0.25, 0.3) is 5.69 Å². The van der Waals surface area contributed by atoms with Crippen LogP contribution in [-0.2, 0) is 4.74 Å². The number of nitrogens with zero attached hydrogens (tertiary/aromatic N) is 1. The van der Waals surface area contributed by atoms with E-state index in [0.717, 1.165) is 15.4 Å². The molecule has 0 atom stereocenters. The minimum atomic E-state index is -0.407. The van der Waals surface area contributed by atoms with Gasteiger partial charge in [-0.3, -0.25) is 10.1 Å². The average molecular weight is 317 g/mol. The molecule has 0 aliphatic carbocycles. The summed E-state index contributed by atoms with van der Waals surface area (Å²) in [6, 6.07) is 11.9. The lowest BCUT2D eigenvalue weighted by Crippen LogP contribution is -2.03. The van der Waals surface area contributed by atoms with Crippen molar-refractivity contribution in [1.82, 2.24) is 0 Å². The van der Waals surface area contributed by atoms with Crippen LogP contribution >= 0.6 is 11.8 Å². The second-order valence-corrected chi connectivity index (χ2v) is 5.67. The highest BCUT2D eigenvalue weighted by atomic mass is 32.2. The number of benzene rings is 2. The second kappa shape index (κ2) is 7.09. The zero-order valence-electron chi connectivity index (χ0n) is 12.2. The number of carbonyl (C=O) groups is 1. The van der Waals surface area contributed by atoms with E-state index in [9.17, 15) is 14.9 Å². The first kappa shape index (κ1) is 16.0. The van der Waals surface area contributed by atoms with Crippen LogP contribution in [0.25, 0.3) is 0 Å². The van der Waals surface area contributed by atoms with Crippen LogP contribution in [0.15, 0.2) is 52.3 Å². The van der Waals surface area contributed by atoms with Crippen LogP contribution in [0, 0.1) is 17.0 Å². The largest absolute Gasteiger partial charge is 0.462 e. The zero-order valence-corrected chi connectivity index (χ0v) is 13.1. The Morgan fingerprint density at radius 3 is 2.45 bits per heavy atom. The van der Waals surface area contributed by atoms with Crippen molar-refractivity contribution in [3.8, 4) is 0 Å². The molecule has 0 amide bonds. The summed E-state index contributed by atoms with van der Waals surface area (Å²) < 4.78 is 4.93. The lowest BCUT2D eigenvalue weighted by Gasteiger charge is -2.06. The van der Waals surface area contributed by atoms with E-state index < -0.39 is 4.92 Å². The molecule has 0 spiro atoms. The molecule has 0 bridgehead atoms. The minimum Gasteiger partial charge on any atom is -0.462 e. The topological polar surface area (TPSA) is 69.4 Å². The van der Waals surface area contributed by atoms with Gasteiger partial charge in [0.05, 0.1) is 17.1 Å². The van der Waals surface area contributed by atoms with Crippen LogP contribution in [-0.4, -0.2) is 17.5 Å². The highest BCUT2D eigenvalue weighted by molar-refractivity contribution is 7.99. The Hall–Kier alpha value is -2.34. The smallest absolute Gasteiger partial charge is 0.338 e. The highest BCUT2D eigenvalue weighted by Crippen LogP contribution is 2.32. The van der Waals surface area contributed by atoms with Crippen molar-refractivity contribution in [3.05, 3.63) is 63.7 Å². The van der Waals surface area contributed by atoms with Crippen LogP contribution in [0.4, 0.5) is 5.69 Å². The van der Waals surface area contributed by atoms with E-state index in [2.05, 4.69) is 0 Å². The molecule has 0 aliphatic rings. The molecular formula is C16H15NO4S. The number of ether oxygens (including phenoxy) is 1. The monoisotopic (exact) mass is 317 g/mol. The maximum atomic E-state index is 11.6. The van der Waals surface area contributed by atoms with E-state index in [0.29, 0.717) is 12.2 Å². The number of aryl methyl sites for hydroxylation is 1. The molecule has 2 aromatic rings. The third-order valence-electron chi connectivity index (χ3n) is 2.96. The van der Waals surface area contributed by atoms with Gasteiger partial charge in [0.15, 0.2) is 0 Å². The molecular weight excluding hydrogens is 302 g/mol. The molecule has 0 saturated heterocycles. The molecule has 6 heteroatoms. The summed E-state index contributed by atoms with van der Waals surface area (Å²) >= 11 is 1.49. The van der Waals surface area contributed by atoms with Crippen molar-refractivity contribution in [2.75, 3.05) is 6.61 Å². The molecule has 0 unspecified atom stereocenters. The SMILES string of the molecule is CCOC(=O)c1ccc(Sc2ccc([N+](=O)[O-])cc2C)cc1. The molecule has 5 nitrogen and oxygen atoms in total. The van der Waals surface area contributed by atoms with Gasteiger partial charge in [-0.2, -0.15) is 0 Å². The van der Waals surface area contributed by atoms with E-state index >= 15 is 0 Å². The number of non-ortho nitro benzene ring substituents is 1. The molecule has 0 saturated carbocycles. The number of nitro groups is 1. The van der Waals surface area contributed by atoms with Crippen molar-refractivity contribution < 1.29 is 14.5 Å². The first-order chi connectivity index (χ1) is 10.5. The van der Waals surface area contributed by atoms with Crippen LogP contribution in [0.5, 0.6) is 0 Å². The van der Waals surface area contributed by atoms with E-state index in [1.54, 1.807) is 31.2 Å². The normalized spacial score (nSPS) is 10.3. The predicted molar refractivity (Wildman–Crippen MR) is 84.4 cm³/mol. The van der Waals surface area contributed by atoms with Gasteiger partial charge in [0.1, 0.15) is 0 Å². The molecule has 0 fully saturated rings. The minimum absolute atomic E-state index is 0.0829. The molecule has 0 heterocycles. The predicted octanol–water partition coefficient (Wildman–Crippen LogP) is 4.23. The van der Waals surface area contributed by atoms with E-state index in [1.807, 2.05) is 19.1 Å². The van der Waals surface area contributed by atoms with E-state index in [4.69, 9.17) is 4.74 Å². The van der Waals surface area contributed by atoms with E-state index in [-0.39, 0.29) is 11.7 Å². The Morgan fingerprint density at radius 1 is 1.23 bits per heavy atom. The van der Waals surface area contributed by atoms with Gasteiger partial charge in [0, 0.05) is 21.9 Å². The van der Waals surface area contributed by atoms with Gasteiger partial charge in [-0.25, -0.2) is 4.79 Å². The Kier molecular flexibility index (Phi) is 5.16. The fraction of sp³-hybridized carbons (Fsp3) is 0.188. The molecule has 2 aromatic carbocycles. The quantitative estimate of drug-likeness (QED) is 0.469. The molecule has 22 heavy (non-hydrogen) atoms. The van der Waals surface area contributed by atoms with E-state index in [1.165, 1.54) is 17.8 Å². The highest BCUT2D eigenvalue weighted by Gasteiger charge is 2.10. The number of hydrogen-bond donors (Lipinski definition) is 0. The zero-order chi connectivity index (χ0) is 16.1. The number of nitro benzene ring substituents is 1. The van der Waals surface area contributed by atoms with Crippen LogP contribution in [0.1, 0.15) is 22.8 Å². The van der Waals surface area contributed by atoms with Gasteiger partial charge in [0.2, 0.25) is 0 Å². The Morgan fingerprint density at radius 2 is 1.91 bits per heavy atom. The third kappa shape index (κ3) is 3.85. The van der Waals surface area contributed by atoms with Crippen LogP contribution in [0.3, 0.4) is 0 Å². The van der Waals surface area contributed by atoms with Gasteiger partial charge in [-0.15, -0.1) is 0 Å². The lowest BCUT2D eigenvalue weighted by atomic mass is 10.2. The maximum Gasteiger partial charge on any atom is 0.338 e. The lowest BCUT2D eigenvalue weighted by molar-refractivity contribution is -0.385. The Balaban J connectivity index is 2.14. The summed E-state index contributed by atoms with van der Waals surface area (Å²) in [6.07, 6.45) is 0. The standard InChI is InChI=1S/C16H15NO4S/c1-3-21-16(18)12-4-7-14(8-5-12)22-15-9-6-13(17(19)20)10-11(15)2/h4-10H,3H2,1-2H3. The second-order valence-electron chi connectivity index (χ2n) is 4.55. The summed E-state index contributed by atoms with van der Waals surface area (Å²) in [5.41, 5.74) is 1.43. The summed E-state index contributed by atoms with van der Waals surface area (Å²) in [7, 11) is 0. The van der Waals surface area contributed by atoms with Crippen molar-refractivity contribution in [1.29, 1.82) is 0 Å². The first-order valence-electron chi connectivity index (χ1n) is 6.71. The van der Waals surface area contributed by atoms with Crippen molar-refractivity contribution in [2.24, 2.45) is 0 Å².